The van der Waals surface area contributed by atoms with E-state index >= 15 is 0 Å². The predicted octanol–water partition coefficient (Wildman–Crippen LogP) is 4.63. The fraction of sp³-hybridized carbons (Fsp3) is 0.300. The van der Waals surface area contributed by atoms with Crippen molar-refractivity contribution in [3.8, 4) is 0 Å². The first-order valence-electron chi connectivity index (χ1n) is 8.54. The van der Waals surface area contributed by atoms with Gasteiger partial charge in [-0.15, -0.1) is 0 Å². The van der Waals surface area contributed by atoms with Gasteiger partial charge >= 0.3 is 7.12 Å². The molecule has 0 bridgehead atoms. The van der Waals surface area contributed by atoms with Crippen molar-refractivity contribution in [2.75, 3.05) is 0 Å². The summed E-state index contributed by atoms with van der Waals surface area (Å²) in [6.07, 6.45) is 1.69. The van der Waals surface area contributed by atoms with Crippen molar-refractivity contribution in [1.82, 2.24) is 0 Å². The topological polar surface area (TPSA) is 44.7 Å². The van der Waals surface area contributed by atoms with E-state index in [1.807, 2.05) is 24.3 Å². The summed E-state index contributed by atoms with van der Waals surface area (Å²) in [4.78, 5) is 0. The van der Waals surface area contributed by atoms with Crippen LogP contribution in [0.25, 0.3) is 32.9 Å². The highest BCUT2D eigenvalue weighted by atomic mass is 16.7. The Morgan fingerprint density at radius 2 is 1.52 bits per heavy atom. The lowest BCUT2D eigenvalue weighted by molar-refractivity contribution is 0.00578. The third-order valence-electron chi connectivity index (χ3n) is 5.61. The molecule has 0 aliphatic carbocycles. The highest BCUT2D eigenvalue weighted by Crippen LogP contribution is 2.39. The van der Waals surface area contributed by atoms with Crippen LogP contribution in [0.3, 0.4) is 0 Å². The van der Waals surface area contributed by atoms with Crippen LogP contribution in [0.1, 0.15) is 27.7 Å². The van der Waals surface area contributed by atoms with Gasteiger partial charge in [0.05, 0.1) is 22.9 Å². The molecule has 1 saturated heterocycles. The van der Waals surface area contributed by atoms with Gasteiger partial charge in [-0.1, -0.05) is 18.2 Å². The molecule has 4 aromatic rings. The maximum Gasteiger partial charge on any atom is 0.498 e. The highest BCUT2D eigenvalue weighted by Gasteiger charge is 2.52. The molecule has 0 spiro atoms. The van der Waals surface area contributed by atoms with Gasteiger partial charge < -0.3 is 18.1 Å². The summed E-state index contributed by atoms with van der Waals surface area (Å²) in [5.74, 6) is 0. The van der Waals surface area contributed by atoms with Crippen molar-refractivity contribution in [3.63, 3.8) is 0 Å². The number of fused-ring (bicyclic) bond motifs is 5. The zero-order valence-corrected chi connectivity index (χ0v) is 14.8. The number of benzene rings is 2. The Labute approximate surface area is 145 Å². The molecule has 0 amide bonds. The SMILES string of the molecule is CC1(C)OB(c2cc3c4ccccc4oc3c3ccoc23)OC1(C)C. The minimum atomic E-state index is -0.475. The summed E-state index contributed by atoms with van der Waals surface area (Å²) < 4.78 is 24.4. The molecule has 1 aliphatic rings. The van der Waals surface area contributed by atoms with Crippen molar-refractivity contribution in [2.24, 2.45) is 0 Å². The van der Waals surface area contributed by atoms with Crippen LogP contribution < -0.4 is 5.46 Å². The van der Waals surface area contributed by atoms with Gasteiger partial charge in [-0.25, -0.2) is 0 Å². The summed E-state index contributed by atoms with van der Waals surface area (Å²) in [5, 5.41) is 3.07. The monoisotopic (exact) mass is 334 g/mol. The molecular weight excluding hydrogens is 315 g/mol. The fourth-order valence-electron chi connectivity index (χ4n) is 3.49. The smallest absolute Gasteiger partial charge is 0.465 e. The lowest BCUT2D eigenvalue weighted by Crippen LogP contribution is -2.41. The maximum atomic E-state index is 6.25. The van der Waals surface area contributed by atoms with Crippen molar-refractivity contribution in [2.45, 2.75) is 38.9 Å². The molecule has 2 aromatic heterocycles. The first kappa shape index (κ1) is 15.1. The summed E-state index contributed by atoms with van der Waals surface area (Å²) in [7, 11) is -0.475. The molecule has 0 N–H and O–H groups in total. The first-order valence-corrected chi connectivity index (χ1v) is 8.54. The summed E-state index contributed by atoms with van der Waals surface area (Å²) in [6, 6.07) is 12.1. The summed E-state index contributed by atoms with van der Waals surface area (Å²) in [6.45, 7) is 8.21. The molecule has 1 fully saturated rings. The Balaban J connectivity index is 1.80. The summed E-state index contributed by atoms with van der Waals surface area (Å²) in [5.41, 5.74) is 2.56. The molecule has 5 rings (SSSR count). The molecule has 0 unspecified atom stereocenters. The van der Waals surface area contributed by atoms with E-state index in [9.17, 15) is 0 Å². The average molecular weight is 334 g/mol. The van der Waals surface area contributed by atoms with E-state index in [0.29, 0.717) is 0 Å². The Morgan fingerprint density at radius 3 is 2.28 bits per heavy atom. The molecular formula is C20H19BO4. The molecule has 0 radical (unpaired) electrons. The zero-order chi connectivity index (χ0) is 17.4. The van der Waals surface area contributed by atoms with Crippen molar-refractivity contribution < 1.29 is 18.1 Å². The first-order chi connectivity index (χ1) is 11.9. The Morgan fingerprint density at radius 1 is 0.800 bits per heavy atom. The third-order valence-corrected chi connectivity index (χ3v) is 5.61. The van der Waals surface area contributed by atoms with E-state index in [4.69, 9.17) is 18.1 Å². The number of hydrogen-bond acceptors (Lipinski definition) is 4. The molecule has 25 heavy (non-hydrogen) atoms. The molecule has 0 atom stereocenters. The van der Waals surface area contributed by atoms with Gasteiger partial charge in [0.15, 0.2) is 0 Å². The second kappa shape index (κ2) is 4.68. The van der Waals surface area contributed by atoms with Gasteiger partial charge in [-0.05, 0) is 45.9 Å². The maximum absolute atomic E-state index is 6.25. The lowest BCUT2D eigenvalue weighted by atomic mass is 9.77. The molecule has 2 aromatic carbocycles. The Hall–Kier alpha value is -2.24. The van der Waals surface area contributed by atoms with Crippen LogP contribution in [0, 0.1) is 0 Å². The third kappa shape index (κ3) is 1.97. The van der Waals surface area contributed by atoms with Crippen LogP contribution in [0.15, 0.2) is 51.5 Å². The second-order valence-electron chi connectivity index (χ2n) is 7.69. The molecule has 1 aliphatic heterocycles. The molecule has 0 saturated carbocycles. The average Bonchev–Trinajstić information content (AvgIpc) is 3.21. The predicted molar refractivity (Wildman–Crippen MR) is 99.2 cm³/mol. The van der Waals surface area contributed by atoms with E-state index in [1.165, 1.54) is 0 Å². The number of hydrogen-bond donors (Lipinski definition) is 0. The van der Waals surface area contributed by atoms with Crippen LogP contribution >= 0.6 is 0 Å². The van der Waals surface area contributed by atoms with E-state index in [2.05, 4.69) is 39.8 Å². The largest absolute Gasteiger partial charge is 0.498 e. The second-order valence-corrected chi connectivity index (χ2v) is 7.69. The van der Waals surface area contributed by atoms with Crippen molar-refractivity contribution in [3.05, 3.63) is 42.7 Å². The molecule has 126 valence electrons. The Bertz CT molecular complexity index is 1100. The lowest BCUT2D eigenvalue weighted by Gasteiger charge is -2.32. The van der Waals surface area contributed by atoms with Crippen LogP contribution in [0.4, 0.5) is 0 Å². The normalized spacial score (nSPS) is 19.4. The van der Waals surface area contributed by atoms with E-state index in [-0.39, 0.29) is 0 Å². The summed E-state index contributed by atoms with van der Waals surface area (Å²) >= 11 is 0. The van der Waals surface area contributed by atoms with Crippen LogP contribution in [0.5, 0.6) is 0 Å². The zero-order valence-electron chi connectivity index (χ0n) is 14.8. The minimum Gasteiger partial charge on any atom is -0.465 e. The minimum absolute atomic E-state index is 0.399. The fourth-order valence-corrected chi connectivity index (χ4v) is 3.49. The van der Waals surface area contributed by atoms with Crippen LogP contribution in [-0.4, -0.2) is 18.3 Å². The number of rotatable bonds is 1. The van der Waals surface area contributed by atoms with Gasteiger partial charge in [-0.3, -0.25) is 0 Å². The number of furan rings is 2. The Kier molecular flexibility index (Phi) is 2.82. The van der Waals surface area contributed by atoms with Gasteiger partial charge in [0.1, 0.15) is 16.7 Å². The quantitative estimate of drug-likeness (QED) is 0.476. The molecule has 4 nitrogen and oxygen atoms in total. The van der Waals surface area contributed by atoms with Crippen molar-refractivity contribution in [1.29, 1.82) is 0 Å². The van der Waals surface area contributed by atoms with Crippen molar-refractivity contribution >= 4 is 45.5 Å². The highest BCUT2D eigenvalue weighted by molar-refractivity contribution is 6.65. The van der Waals surface area contributed by atoms with Gasteiger partial charge in [-0.2, -0.15) is 0 Å². The van der Waals surface area contributed by atoms with Gasteiger partial charge in [0, 0.05) is 16.2 Å². The van der Waals surface area contributed by atoms with Gasteiger partial charge in [0.25, 0.3) is 0 Å². The molecule has 5 heteroatoms. The standard InChI is InChI=1S/C20H19BO4/c1-19(2)20(3,4)25-21(24-19)15-11-14-12-7-5-6-8-16(12)23-17(14)13-9-10-22-18(13)15/h5-11H,1-4H3. The van der Waals surface area contributed by atoms with Gasteiger partial charge in [0.2, 0.25) is 0 Å². The number of para-hydroxylation sites is 1. The van der Waals surface area contributed by atoms with Crippen LogP contribution in [0.2, 0.25) is 0 Å². The van der Waals surface area contributed by atoms with Crippen LogP contribution in [-0.2, 0) is 9.31 Å². The van der Waals surface area contributed by atoms with E-state index in [1.54, 1.807) is 6.26 Å². The van der Waals surface area contributed by atoms with E-state index < -0.39 is 18.3 Å². The molecule has 3 heterocycles. The van der Waals surface area contributed by atoms with E-state index in [0.717, 1.165) is 38.4 Å².